The summed E-state index contributed by atoms with van der Waals surface area (Å²) in [5.74, 6) is -0.817. The fraction of sp³-hybridized carbons (Fsp3) is 0.300. The molecule has 5 N–H and O–H groups in total. The number of nitrogens with one attached hydrogen (secondary N) is 3. The fourth-order valence-electron chi connectivity index (χ4n) is 4.50. The van der Waals surface area contributed by atoms with Gasteiger partial charge in [-0.25, -0.2) is 4.79 Å². The molecule has 1 aliphatic heterocycles. The fourth-order valence-corrected chi connectivity index (χ4v) is 4.50. The highest BCUT2D eigenvalue weighted by molar-refractivity contribution is 6.05. The van der Waals surface area contributed by atoms with Gasteiger partial charge in [0.1, 0.15) is 0 Å². The van der Waals surface area contributed by atoms with Crippen LogP contribution in [0, 0.1) is 0 Å². The highest BCUT2D eigenvalue weighted by Gasteiger charge is 2.25. The third-order valence-electron chi connectivity index (χ3n) is 6.65. The topological polar surface area (TPSA) is 117 Å². The Kier molecular flexibility index (Phi) is 8.00. The van der Waals surface area contributed by atoms with E-state index < -0.39 is 5.91 Å². The number of nitrogens with two attached hydrogens (primary N) is 1. The van der Waals surface area contributed by atoms with Gasteiger partial charge in [-0.05, 0) is 66.3 Å². The molecule has 1 atom stereocenters. The van der Waals surface area contributed by atoms with E-state index in [1.165, 1.54) is 0 Å². The number of amides is 4. The van der Waals surface area contributed by atoms with Gasteiger partial charge < -0.3 is 26.6 Å². The number of likely N-dealkylation sites (tertiary alicyclic amines) is 1. The number of nitrogens with zero attached hydrogens (tertiary/aromatic N) is 1. The van der Waals surface area contributed by atoms with Crippen molar-refractivity contribution in [2.45, 2.75) is 45.1 Å². The van der Waals surface area contributed by atoms with Gasteiger partial charge in [0.05, 0.1) is 5.56 Å². The van der Waals surface area contributed by atoms with Gasteiger partial charge >= 0.3 is 6.03 Å². The highest BCUT2D eigenvalue weighted by atomic mass is 16.2. The van der Waals surface area contributed by atoms with E-state index in [2.05, 4.69) is 36.7 Å². The number of para-hydroxylation sites is 1. The van der Waals surface area contributed by atoms with Crippen LogP contribution in [0.25, 0.3) is 0 Å². The van der Waals surface area contributed by atoms with Crippen LogP contribution in [0.15, 0.2) is 72.8 Å². The maximum atomic E-state index is 12.9. The molecular formula is C30H35N5O3. The minimum Gasteiger partial charge on any atom is -0.380 e. The van der Waals surface area contributed by atoms with Gasteiger partial charge in [0.15, 0.2) is 0 Å². The number of hydrogen-bond donors (Lipinski definition) is 4. The van der Waals surface area contributed by atoms with Crippen LogP contribution in [0.5, 0.6) is 0 Å². The summed E-state index contributed by atoms with van der Waals surface area (Å²) in [5.41, 5.74) is 9.43. The smallest absolute Gasteiger partial charge is 0.321 e. The molecule has 0 bridgehead atoms. The summed E-state index contributed by atoms with van der Waals surface area (Å²) in [6.07, 6.45) is 1.64. The van der Waals surface area contributed by atoms with Gasteiger partial charge in [0.25, 0.3) is 11.8 Å². The van der Waals surface area contributed by atoms with Crippen LogP contribution in [0.1, 0.15) is 59.9 Å². The van der Waals surface area contributed by atoms with Gasteiger partial charge in [-0.3, -0.25) is 9.59 Å². The van der Waals surface area contributed by atoms with Crippen molar-refractivity contribution in [2.75, 3.05) is 29.0 Å². The van der Waals surface area contributed by atoms with E-state index in [-0.39, 0.29) is 23.4 Å². The quantitative estimate of drug-likeness (QED) is 0.351. The Hall–Kier alpha value is -4.33. The number of carbonyl (C=O) groups excluding carboxylic acids is 3. The summed E-state index contributed by atoms with van der Waals surface area (Å²) in [5, 5.41) is 9.21. The molecule has 1 unspecified atom stereocenters. The minimum absolute atomic E-state index is 0.00289. The summed E-state index contributed by atoms with van der Waals surface area (Å²) in [7, 11) is 0. The van der Waals surface area contributed by atoms with Crippen molar-refractivity contribution in [3.05, 3.63) is 89.5 Å². The van der Waals surface area contributed by atoms with Gasteiger partial charge in [-0.2, -0.15) is 0 Å². The molecule has 3 aromatic rings. The Morgan fingerprint density at radius 1 is 0.895 bits per heavy atom. The number of primary amides is 1. The Balaban J connectivity index is 1.45. The van der Waals surface area contributed by atoms with Crippen LogP contribution >= 0.6 is 0 Å². The summed E-state index contributed by atoms with van der Waals surface area (Å²) in [4.78, 5) is 39.6. The standard InChI is InChI=1S/C30H35N5O3/c1-30(2,3)21-13-11-20(12-14-21)28(37)33-23-15-16-25(27(31)36)26(18-23)32-24-10-7-17-35(19-24)29(38)34-22-8-5-4-6-9-22/h4-6,8-9,11-16,18,24,32H,7,10,17,19H2,1-3H3,(H2,31,36)(H,33,37)(H,34,38). The number of rotatable bonds is 6. The molecule has 4 amide bonds. The van der Waals surface area contributed by atoms with Crippen molar-refractivity contribution < 1.29 is 14.4 Å². The first kappa shape index (κ1) is 26.7. The van der Waals surface area contributed by atoms with Crippen molar-refractivity contribution in [1.82, 2.24) is 4.90 Å². The number of anilines is 3. The second-order valence-electron chi connectivity index (χ2n) is 10.6. The maximum absolute atomic E-state index is 12.9. The number of hydrogen-bond acceptors (Lipinski definition) is 4. The molecule has 38 heavy (non-hydrogen) atoms. The highest BCUT2D eigenvalue weighted by Crippen LogP contribution is 2.26. The molecule has 1 saturated heterocycles. The van der Waals surface area contributed by atoms with Gasteiger partial charge in [0, 0.05) is 41.8 Å². The first-order valence-electron chi connectivity index (χ1n) is 12.8. The average Bonchev–Trinajstić information content (AvgIpc) is 2.89. The summed E-state index contributed by atoms with van der Waals surface area (Å²) >= 11 is 0. The summed E-state index contributed by atoms with van der Waals surface area (Å²) in [6, 6.07) is 21.6. The first-order valence-corrected chi connectivity index (χ1v) is 12.8. The molecule has 3 aromatic carbocycles. The van der Waals surface area contributed by atoms with Gasteiger partial charge in [-0.15, -0.1) is 0 Å². The molecule has 1 aliphatic rings. The average molecular weight is 514 g/mol. The number of piperidine rings is 1. The van der Waals surface area contributed by atoms with Crippen molar-refractivity contribution in [3.8, 4) is 0 Å². The second-order valence-corrected chi connectivity index (χ2v) is 10.6. The Morgan fingerprint density at radius 3 is 2.26 bits per heavy atom. The zero-order valence-corrected chi connectivity index (χ0v) is 22.1. The van der Waals surface area contributed by atoms with Crippen LogP contribution < -0.4 is 21.7 Å². The van der Waals surface area contributed by atoms with Crippen molar-refractivity contribution in [2.24, 2.45) is 5.73 Å². The molecule has 0 aromatic heterocycles. The molecule has 0 spiro atoms. The van der Waals surface area contributed by atoms with E-state index in [1.54, 1.807) is 23.1 Å². The monoisotopic (exact) mass is 513 g/mol. The van der Waals surface area contributed by atoms with Crippen LogP contribution in [0.4, 0.5) is 21.9 Å². The zero-order chi connectivity index (χ0) is 27.3. The van der Waals surface area contributed by atoms with Crippen molar-refractivity contribution in [3.63, 3.8) is 0 Å². The van der Waals surface area contributed by atoms with E-state index in [4.69, 9.17) is 5.73 Å². The largest absolute Gasteiger partial charge is 0.380 e. The normalized spacial score (nSPS) is 15.4. The Bertz CT molecular complexity index is 1300. The van der Waals surface area contributed by atoms with E-state index in [0.717, 1.165) is 24.1 Å². The van der Waals surface area contributed by atoms with Crippen LogP contribution in [0.2, 0.25) is 0 Å². The number of benzene rings is 3. The SMILES string of the molecule is CC(C)(C)c1ccc(C(=O)Nc2ccc(C(N)=O)c(NC3CCCN(C(=O)Nc4ccccc4)C3)c2)cc1. The molecule has 8 heteroatoms. The number of urea groups is 1. The summed E-state index contributed by atoms with van der Waals surface area (Å²) < 4.78 is 0. The van der Waals surface area contributed by atoms with E-state index >= 15 is 0 Å². The lowest BCUT2D eigenvalue weighted by molar-refractivity contribution is 0.0998. The van der Waals surface area contributed by atoms with Gasteiger partial charge in [0.2, 0.25) is 0 Å². The summed E-state index contributed by atoms with van der Waals surface area (Å²) in [6.45, 7) is 7.48. The zero-order valence-electron chi connectivity index (χ0n) is 22.1. The molecule has 4 rings (SSSR count). The molecular weight excluding hydrogens is 478 g/mol. The lowest BCUT2D eigenvalue weighted by atomic mass is 9.87. The predicted molar refractivity (Wildman–Crippen MR) is 152 cm³/mol. The molecule has 8 nitrogen and oxygen atoms in total. The predicted octanol–water partition coefficient (Wildman–Crippen LogP) is 5.44. The molecule has 0 saturated carbocycles. The number of carbonyl (C=O) groups is 3. The lowest BCUT2D eigenvalue weighted by Crippen LogP contribution is -2.47. The third-order valence-corrected chi connectivity index (χ3v) is 6.65. The van der Waals surface area contributed by atoms with Crippen molar-refractivity contribution >= 4 is 34.9 Å². The second kappa shape index (κ2) is 11.4. The van der Waals surface area contributed by atoms with Crippen LogP contribution in [-0.2, 0) is 5.41 Å². The van der Waals surface area contributed by atoms with Crippen LogP contribution in [0.3, 0.4) is 0 Å². The first-order chi connectivity index (χ1) is 18.1. The van der Waals surface area contributed by atoms with E-state index in [9.17, 15) is 14.4 Å². The molecule has 0 aliphatic carbocycles. The van der Waals surface area contributed by atoms with E-state index in [1.807, 2.05) is 54.6 Å². The van der Waals surface area contributed by atoms with E-state index in [0.29, 0.717) is 35.6 Å². The van der Waals surface area contributed by atoms with Crippen molar-refractivity contribution in [1.29, 1.82) is 0 Å². The lowest BCUT2D eigenvalue weighted by Gasteiger charge is -2.34. The molecule has 1 fully saturated rings. The Morgan fingerprint density at radius 2 is 1.61 bits per heavy atom. The minimum atomic E-state index is -0.572. The maximum Gasteiger partial charge on any atom is 0.321 e. The third kappa shape index (κ3) is 6.70. The molecule has 198 valence electrons. The molecule has 0 radical (unpaired) electrons. The van der Waals surface area contributed by atoms with Crippen LogP contribution in [-0.4, -0.2) is 41.9 Å². The Labute approximate surface area is 223 Å². The van der Waals surface area contributed by atoms with Gasteiger partial charge in [-0.1, -0.05) is 51.1 Å². The molecule has 1 heterocycles.